The van der Waals surface area contributed by atoms with Crippen LogP contribution in [0.15, 0.2) is 6.20 Å². The summed E-state index contributed by atoms with van der Waals surface area (Å²) in [6.45, 7) is 4.64. The van der Waals surface area contributed by atoms with Crippen LogP contribution in [0.25, 0.3) is 0 Å². The molecular weight excluding hydrogens is 350 g/mol. The first-order valence-corrected chi connectivity index (χ1v) is 8.10. The molecular formula is C15H23N3O8. The first-order valence-electron chi connectivity index (χ1n) is 8.10. The molecule has 0 amide bonds. The van der Waals surface area contributed by atoms with Crippen LogP contribution in [0.1, 0.15) is 26.5 Å². The highest BCUT2D eigenvalue weighted by atomic mass is 16.6. The summed E-state index contributed by atoms with van der Waals surface area (Å²) in [6.07, 6.45) is -2.14. The van der Waals surface area contributed by atoms with Crippen molar-refractivity contribution in [1.82, 2.24) is 15.0 Å². The Labute approximate surface area is 150 Å². The van der Waals surface area contributed by atoms with Gasteiger partial charge in [-0.1, -0.05) is 5.21 Å². The largest absolute Gasteiger partial charge is 0.465 e. The molecule has 0 unspecified atom stereocenters. The number of ether oxygens (including phenoxy) is 4. The average Bonchev–Trinajstić information content (AvgIpc) is 3.02. The molecule has 0 spiro atoms. The van der Waals surface area contributed by atoms with Gasteiger partial charge in [-0.15, -0.1) is 5.10 Å². The molecule has 0 saturated carbocycles. The summed E-state index contributed by atoms with van der Waals surface area (Å²) in [4.78, 5) is 35.2. The second kappa shape index (κ2) is 11.2. The van der Waals surface area contributed by atoms with Gasteiger partial charge >= 0.3 is 17.9 Å². The van der Waals surface area contributed by atoms with E-state index in [1.165, 1.54) is 10.9 Å². The Bertz CT molecular complexity index is 603. The number of hydrogen-bond donors (Lipinski definition) is 1. The lowest BCUT2D eigenvalue weighted by Gasteiger charge is -2.20. The van der Waals surface area contributed by atoms with E-state index in [2.05, 4.69) is 15.0 Å². The Morgan fingerprint density at radius 2 is 1.69 bits per heavy atom. The maximum absolute atomic E-state index is 12.0. The zero-order valence-corrected chi connectivity index (χ0v) is 14.9. The van der Waals surface area contributed by atoms with E-state index in [0.717, 1.165) is 0 Å². The van der Waals surface area contributed by atoms with Gasteiger partial charge in [0.05, 0.1) is 38.3 Å². The zero-order chi connectivity index (χ0) is 19.5. The molecule has 11 nitrogen and oxygen atoms in total. The predicted octanol–water partition coefficient (Wildman–Crippen LogP) is -0.786. The van der Waals surface area contributed by atoms with Crippen molar-refractivity contribution in [2.45, 2.75) is 46.1 Å². The SMILES string of the molecule is CCOC(=O)Cn1nncc1CO[C@@H](C(=O)OCC)[C@@H](O)C(=O)OCC. The average molecular weight is 373 g/mol. The van der Waals surface area contributed by atoms with Crippen LogP contribution in [0.2, 0.25) is 0 Å². The molecule has 146 valence electrons. The van der Waals surface area contributed by atoms with E-state index < -0.39 is 30.1 Å². The molecule has 1 heterocycles. The fourth-order valence-electron chi connectivity index (χ4n) is 1.89. The first kappa shape index (κ1) is 21.5. The molecule has 1 N–H and O–H groups in total. The fraction of sp³-hybridized carbons (Fsp3) is 0.667. The summed E-state index contributed by atoms with van der Waals surface area (Å²) in [7, 11) is 0. The van der Waals surface area contributed by atoms with Crippen LogP contribution < -0.4 is 0 Å². The number of nitrogens with zero attached hydrogens (tertiary/aromatic N) is 3. The minimum Gasteiger partial charge on any atom is -0.465 e. The Balaban J connectivity index is 2.80. The van der Waals surface area contributed by atoms with Gasteiger partial charge in [0.2, 0.25) is 0 Å². The van der Waals surface area contributed by atoms with Crippen molar-refractivity contribution in [3.8, 4) is 0 Å². The third-order valence-corrected chi connectivity index (χ3v) is 3.03. The Hall–Kier alpha value is -2.53. The number of aliphatic hydroxyl groups is 1. The van der Waals surface area contributed by atoms with E-state index in [0.29, 0.717) is 5.69 Å². The Morgan fingerprint density at radius 3 is 2.31 bits per heavy atom. The quantitative estimate of drug-likeness (QED) is 0.388. The molecule has 0 saturated heterocycles. The number of esters is 3. The summed E-state index contributed by atoms with van der Waals surface area (Å²) >= 11 is 0. The standard InChI is InChI=1S/C15H23N3O8/c1-4-23-11(19)8-18-10(7-16-17-18)9-26-13(15(22)25-6-3)12(20)14(21)24-5-2/h7,12-13,20H,4-6,8-9H2,1-3H3/t12-,13-/m1/s1. The third kappa shape index (κ3) is 6.41. The molecule has 1 aromatic rings. The predicted molar refractivity (Wildman–Crippen MR) is 84.5 cm³/mol. The highest BCUT2D eigenvalue weighted by Gasteiger charge is 2.35. The number of rotatable bonds is 11. The number of carbonyl (C=O) groups is 3. The molecule has 0 fully saturated rings. The van der Waals surface area contributed by atoms with E-state index in [1.54, 1.807) is 20.8 Å². The maximum atomic E-state index is 12.0. The minimum atomic E-state index is -1.86. The first-order chi connectivity index (χ1) is 12.4. The van der Waals surface area contributed by atoms with Crippen LogP contribution in [-0.4, -0.2) is 70.0 Å². The van der Waals surface area contributed by atoms with Gasteiger partial charge in [0.25, 0.3) is 0 Å². The van der Waals surface area contributed by atoms with Crippen LogP contribution in [0.4, 0.5) is 0 Å². The van der Waals surface area contributed by atoms with Crippen LogP contribution in [0.5, 0.6) is 0 Å². The van der Waals surface area contributed by atoms with Crippen molar-refractivity contribution >= 4 is 17.9 Å². The molecule has 1 aromatic heterocycles. The van der Waals surface area contributed by atoms with E-state index in [-0.39, 0.29) is 33.0 Å². The minimum absolute atomic E-state index is 0.0294. The van der Waals surface area contributed by atoms with Crippen LogP contribution >= 0.6 is 0 Å². The third-order valence-electron chi connectivity index (χ3n) is 3.03. The molecule has 0 aliphatic rings. The highest BCUT2D eigenvalue weighted by Crippen LogP contribution is 2.10. The van der Waals surface area contributed by atoms with E-state index in [4.69, 9.17) is 14.2 Å². The molecule has 26 heavy (non-hydrogen) atoms. The molecule has 11 heteroatoms. The molecule has 0 aromatic carbocycles. The lowest BCUT2D eigenvalue weighted by Crippen LogP contribution is -2.43. The van der Waals surface area contributed by atoms with Crippen LogP contribution in [0, 0.1) is 0 Å². The Morgan fingerprint density at radius 1 is 1.08 bits per heavy atom. The molecule has 2 atom stereocenters. The maximum Gasteiger partial charge on any atom is 0.338 e. The summed E-state index contributed by atoms with van der Waals surface area (Å²) < 4.78 is 20.9. The van der Waals surface area contributed by atoms with Crippen molar-refractivity contribution in [3.63, 3.8) is 0 Å². The smallest absolute Gasteiger partial charge is 0.338 e. The topological polar surface area (TPSA) is 139 Å². The Kier molecular flexibility index (Phi) is 9.23. The van der Waals surface area contributed by atoms with Gasteiger partial charge in [0.1, 0.15) is 6.54 Å². The van der Waals surface area contributed by atoms with Crippen molar-refractivity contribution in [1.29, 1.82) is 0 Å². The zero-order valence-electron chi connectivity index (χ0n) is 14.9. The lowest BCUT2D eigenvalue weighted by atomic mass is 10.2. The normalized spacial score (nSPS) is 12.9. The lowest BCUT2D eigenvalue weighted by molar-refractivity contribution is -0.179. The second-order valence-electron chi connectivity index (χ2n) is 4.87. The summed E-state index contributed by atoms with van der Waals surface area (Å²) in [6, 6.07) is 0. The molecule has 0 aliphatic heterocycles. The van der Waals surface area contributed by atoms with Crippen molar-refractivity contribution < 1.29 is 38.4 Å². The van der Waals surface area contributed by atoms with Gasteiger partial charge in [-0.3, -0.25) is 4.79 Å². The van der Waals surface area contributed by atoms with E-state index in [1.807, 2.05) is 0 Å². The van der Waals surface area contributed by atoms with Crippen molar-refractivity contribution in [2.24, 2.45) is 0 Å². The summed E-state index contributed by atoms with van der Waals surface area (Å²) in [5.41, 5.74) is 0.336. The highest BCUT2D eigenvalue weighted by molar-refractivity contribution is 5.85. The number of aromatic nitrogens is 3. The number of aliphatic hydroxyl groups excluding tert-OH is 1. The van der Waals surface area contributed by atoms with Crippen molar-refractivity contribution in [3.05, 3.63) is 11.9 Å². The number of hydrogen-bond acceptors (Lipinski definition) is 10. The van der Waals surface area contributed by atoms with Gasteiger partial charge in [-0.25, -0.2) is 14.3 Å². The van der Waals surface area contributed by atoms with Crippen LogP contribution in [-0.2, 0) is 46.5 Å². The molecule has 0 radical (unpaired) electrons. The second-order valence-corrected chi connectivity index (χ2v) is 4.87. The summed E-state index contributed by atoms with van der Waals surface area (Å²) in [5.74, 6) is -2.45. The molecule has 0 bridgehead atoms. The van der Waals surface area contributed by atoms with Gasteiger partial charge in [-0.2, -0.15) is 0 Å². The van der Waals surface area contributed by atoms with Crippen LogP contribution in [0.3, 0.4) is 0 Å². The van der Waals surface area contributed by atoms with Crippen molar-refractivity contribution in [2.75, 3.05) is 19.8 Å². The number of carbonyl (C=O) groups excluding carboxylic acids is 3. The van der Waals surface area contributed by atoms with Gasteiger partial charge in [0, 0.05) is 0 Å². The van der Waals surface area contributed by atoms with Gasteiger partial charge in [-0.05, 0) is 20.8 Å². The van der Waals surface area contributed by atoms with E-state index >= 15 is 0 Å². The molecule has 0 aliphatic carbocycles. The fourth-order valence-corrected chi connectivity index (χ4v) is 1.89. The monoisotopic (exact) mass is 373 g/mol. The van der Waals surface area contributed by atoms with Gasteiger partial charge in [0.15, 0.2) is 12.2 Å². The summed E-state index contributed by atoms with van der Waals surface area (Å²) in [5, 5.41) is 17.4. The van der Waals surface area contributed by atoms with Gasteiger partial charge < -0.3 is 24.1 Å². The van der Waals surface area contributed by atoms with E-state index in [9.17, 15) is 19.5 Å². The molecule has 1 rings (SSSR count).